The lowest BCUT2D eigenvalue weighted by Crippen LogP contribution is -2.39. The van der Waals surface area contributed by atoms with Gasteiger partial charge in [-0.25, -0.2) is 4.98 Å². The lowest BCUT2D eigenvalue weighted by atomic mass is 9.97. The van der Waals surface area contributed by atoms with Crippen LogP contribution in [0.1, 0.15) is 41.9 Å². The molecular formula is C18H24N4O2S2. The van der Waals surface area contributed by atoms with Crippen LogP contribution in [0.5, 0.6) is 0 Å². The Morgan fingerprint density at radius 3 is 3.00 bits per heavy atom. The third-order valence-electron chi connectivity index (χ3n) is 5.11. The smallest absolute Gasteiger partial charge is 0.259 e. The van der Waals surface area contributed by atoms with E-state index in [4.69, 9.17) is 5.73 Å². The number of rotatable bonds is 7. The molecule has 2 heterocycles. The highest BCUT2D eigenvalue weighted by Crippen LogP contribution is 2.33. The Hall–Kier alpha value is -1.38. The van der Waals surface area contributed by atoms with Gasteiger partial charge in [-0.2, -0.15) is 0 Å². The molecule has 0 spiro atoms. The molecule has 0 aromatic carbocycles. The molecule has 26 heavy (non-hydrogen) atoms. The summed E-state index contributed by atoms with van der Waals surface area (Å²) >= 11 is 3.12. The minimum atomic E-state index is -0.0372. The summed E-state index contributed by atoms with van der Waals surface area (Å²) in [5.74, 6) is 2.09. The highest BCUT2D eigenvalue weighted by atomic mass is 32.2. The van der Waals surface area contributed by atoms with Gasteiger partial charge in [-0.3, -0.25) is 9.59 Å². The maximum Gasteiger partial charge on any atom is 0.259 e. The van der Waals surface area contributed by atoms with Gasteiger partial charge in [0.25, 0.3) is 5.56 Å². The van der Waals surface area contributed by atoms with Gasteiger partial charge in [-0.05, 0) is 50.0 Å². The maximum absolute atomic E-state index is 12.5. The molecule has 1 amide bonds. The van der Waals surface area contributed by atoms with Crippen LogP contribution in [-0.4, -0.2) is 34.2 Å². The van der Waals surface area contributed by atoms with Crippen molar-refractivity contribution in [2.45, 2.75) is 50.3 Å². The molecule has 2 aromatic heterocycles. The molecule has 1 fully saturated rings. The molecule has 6 nitrogen and oxygen atoms in total. The van der Waals surface area contributed by atoms with Crippen LogP contribution in [0, 0.1) is 5.92 Å². The predicted octanol–water partition coefficient (Wildman–Crippen LogP) is 1.95. The number of hydrogen-bond acceptors (Lipinski definition) is 6. The third-order valence-corrected chi connectivity index (χ3v) is 7.24. The van der Waals surface area contributed by atoms with Crippen molar-refractivity contribution in [1.82, 2.24) is 15.3 Å². The molecule has 140 valence electrons. The molecule has 1 atom stereocenters. The van der Waals surface area contributed by atoms with Crippen molar-refractivity contribution in [3.8, 4) is 0 Å². The van der Waals surface area contributed by atoms with E-state index in [0.717, 1.165) is 29.5 Å². The zero-order valence-corrected chi connectivity index (χ0v) is 16.3. The molecule has 0 bridgehead atoms. The van der Waals surface area contributed by atoms with E-state index < -0.39 is 0 Å². The first kappa shape index (κ1) is 18.0. The lowest BCUT2D eigenvalue weighted by Gasteiger charge is -2.11. The van der Waals surface area contributed by atoms with Crippen molar-refractivity contribution < 1.29 is 4.79 Å². The van der Waals surface area contributed by atoms with Crippen LogP contribution in [0.2, 0.25) is 0 Å². The molecule has 2 aliphatic rings. The molecule has 4 rings (SSSR count). The Labute approximate surface area is 160 Å². The quantitative estimate of drug-likeness (QED) is 0.669. The summed E-state index contributed by atoms with van der Waals surface area (Å²) in [6.07, 6.45) is 6.74. The fraction of sp³-hybridized carbons (Fsp3) is 0.611. The zero-order chi connectivity index (χ0) is 18.1. The van der Waals surface area contributed by atoms with E-state index in [1.807, 2.05) is 0 Å². The van der Waals surface area contributed by atoms with Gasteiger partial charge in [0.05, 0.1) is 16.9 Å². The summed E-state index contributed by atoms with van der Waals surface area (Å²) in [6, 6.07) is 0.0780. The van der Waals surface area contributed by atoms with E-state index >= 15 is 0 Å². The number of carbonyl (C=O) groups excluding carboxylic acids is 1. The number of amides is 1. The fourth-order valence-corrected chi connectivity index (χ4v) is 5.49. The number of aryl methyl sites for hydroxylation is 2. The van der Waals surface area contributed by atoms with Crippen molar-refractivity contribution in [2.24, 2.45) is 11.7 Å². The highest BCUT2D eigenvalue weighted by Gasteiger charge is 2.28. The summed E-state index contributed by atoms with van der Waals surface area (Å²) in [7, 11) is 0. The van der Waals surface area contributed by atoms with E-state index in [-0.39, 0.29) is 17.5 Å². The summed E-state index contributed by atoms with van der Waals surface area (Å²) < 4.78 is 0. The lowest BCUT2D eigenvalue weighted by molar-refractivity contribution is -0.118. The Morgan fingerprint density at radius 2 is 2.19 bits per heavy atom. The van der Waals surface area contributed by atoms with Crippen LogP contribution >= 0.6 is 23.1 Å². The molecule has 4 N–H and O–H groups in total. The van der Waals surface area contributed by atoms with E-state index in [9.17, 15) is 9.59 Å². The van der Waals surface area contributed by atoms with Crippen molar-refractivity contribution in [1.29, 1.82) is 0 Å². The highest BCUT2D eigenvalue weighted by molar-refractivity contribution is 7.99. The minimum absolute atomic E-state index is 0.0129. The fourth-order valence-electron chi connectivity index (χ4n) is 3.49. The van der Waals surface area contributed by atoms with E-state index in [2.05, 4.69) is 15.3 Å². The number of aromatic amines is 1. The Balaban J connectivity index is 1.34. The van der Waals surface area contributed by atoms with Gasteiger partial charge in [0.15, 0.2) is 0 Å². The average Bonchev–Trinajstić information content (AvgIpc) is 3.40. The maximum atomic E-state index is 12.5. The second-order valence-electron chi connectivity index (χ2n) is 7.20. The normalized spacial score (nSPS) is 17.9. The summed E-state index contributed by atoms with van der Waals surface area (Å²) in [5, 5.41) is 3.67. The number of thioether (sulfide) groups is 1. The number of carbonyl (C=O) groups is 1. The van der Waals surface area contributed by atoms with Gasteiger partial charge < -0.3 is 16.0 Å². The van der Waals surface area contributed by atoms with E-state index in [0.29, 0.717) is 29.8 Å². The molecule has 1 unspecified atom stereocenters. The molecule has 0 aliphatic heterocycles. The minimum Gasteiger partial charge on any atom is -0.354 e. The second kappa shape index (κ2) is 7.70. The largest absolute Gasteiger partial charge is 0.354 e. The van der Waals surface area contributed by atoms with Crippen LogP contribution < -0.4 is 16.6 Å². The molecule has 2 aliphatic carbocycles. The van der Waals surface area contributed by atoms with Gasteiger partial charge in [0, 0.05) is 17.5 Å². The van der Waals surface area contributed by atoms with Gasteiger partial charge in [0.2, 0.25) is 5.91 Å². The number of nitrogens with one attached hydrogen (secondary N) is 2. The van der Waals surface area contributed by atoms with Gasteiger partial charge in [-0.15, -0.1) is 23.1 Å². The predicted molar refractivity (Wildman–Crippen MR) is 107 cm³/mol. The number of aromatic nitrogens is 2. The first-order chi connectivity index (χ1) is 12.6. The van der Waals surface area contributed by atoms with Gasteiger partial charge in [-0.1, -0.05) is 0 Å². The number of H-pyrrole nitrogens is 1. The first-order valence-electron chi connectivity index (χ1n) is 9.25. The molecular weight excluding hydrogens is 368 g/mol. The van der Waals surface area contributed by atoms with E-state index in [1.165, 1.54) is 41.5 Å². The molecule has 0 radical (unpaired) electrons. The summed E-state index contributed by atoms with van der Waals surface area (Å²) in [5.41, 5.74) is 7.15. The zero-order valence-electron chi connectivity index (χ0n) is 14.7. The monoisotopic (exact) mass is 392 g/mol. The van der Waals surface area contributed by atoms with Crippen LogP contribution in [-0.2, 0) is 23.4 Å². The van der Waals surface area contributed by atoms with Crippen molar-refractivity contribution in [3.05, 3.63) is 26.6 Å². The third kappa shape index (κ3) is 3.97. The summed E-state index contributed by atoms with van der Waals surface area (Å²) in [4.78, 5) is 34.1. The Bertz CT molecular complexity index is 872. The molecule has 8 heteroatoms. The first-order valence-corrected chi connectivity index (χ1v) is 11.2. The topological polar surface area (TPSA) is 101 Å². The molecule has 1 saturated carbocycles. The van der Waals surface area contributed by atoms with Crippen LogP contribution in [0.3, 0.4) is 0 Å². The number of nitrogens with zero attached hydrogens (tertiary/aromatic N) is 1. The van der Waals surface area contributed by atoms with Gasteiger partial charge in [0.1, 0.15) is 10.7 Å². The Kier molecular flexibility index (Phi) is 5.33. The summed E-state index contributed by atoms with van der Waals surface area (Å²) in [6.45, 7) is 0.547. The van der Waals surface area contributed by atoms with Crippen molar-refractivity contribution in [3.63, 3.8) is 0 Å². The van der Waals surface area contributed by atoms with Crippen LogP contribution in [0.25, 0.3) is 10.2 Å². The second-order valence-corrected chi connectivity index (χ2v) is 9.27. The number of fused-ring (bicyclic) bond motifs is 3. The standard InChI is InChI=1S/C18H24N4O2S2/c19-12(10-5-6-10)7-20-15(23)9-25-8-14-21-17(24)16-11-3-1-2-4-13(11)26-18(16)22-14/h10,12H,1-9,19H2,(H,20,23)(H,21,22,24). The van der Waals surface area contributed by atoms with E-state index in [1.54, 1.807) is 11.3 Å². The number of hydrogen-bond donors (Lipinski definition) is 3. The van der Waals surface area contributed by atoms with Crippen molar-refractivity contribution >= 4 is 39.2 Å². The SMILES string of the molecule is NC(CNC(=O)CSCc1nc2sc3c(c2c(=O)[nH]1)CCCC3)C1CC1. The van der Waals surface area contributed by atoms with Gasteiger partial charge >= 0.3 is 0 Å². The van der Waals surface area contributed by atoms with Crippen LogP contribution in [0.4, 0.5) is 0 Å². The number of thiophene rings is 1. The van der Waals surface area contributed by atoms with Crippen molar-refractivity contribution in [2.75, 3.05) is 12.3 Å². The average molecular weight is 393 g/mol. The Morgan fingerprint density at radius 1 is 1.38 bits per heavy atom. The van der Waals surface area contributed by atoms with Crippen LogP contribution in [0.15, 0.2) is 4.79 Å². The molecule has 2 aromatic rings. The number of nitrogens with two attached hydrogens (primary N) is 1. The molecule has 0 saturated heterocycles.